The van der Waals surface area contributed by atoms with E-state index in [9.17, 15) is 14.0 Å². The zero-order valence-corrected chi connectivity index (χ0v) is 21.0. The van der Waals surface area contributed by atoms with E-state index in [1.54, 1.807) is 12.3 Å². The summed E-state index contributed by atoms with van der Waals surface area (Å²) >= 11 is 14.3. The highest BCUT2D eigenvalue weighted by atomic mass is 35.5. The second kappa shape index (κ2) is 11.5. The molecule has 0 amide bonds. The van der Waals surface area contributed by atoms with Crippen LogP contribution in [0.1, 0.15) is 33.5 Å². The molecule has 0 unspecified atom stereocenters. The number of hydrogen-bond acceptors (Lipinski definition) is 7. The first-order valence-electron chi connectivity index (χ1n) is 9.73. The third-order valence-corrected chi connectivity index (χ3v) is 6.78. The quantitative estimate of drug-likeness (QED) is 0.269. The minimum atomic E-state index is -1.09. The fourth-order valence-corrected chi connectivity index (χ4v) is 4.50. The lowest BCUT2D eigenvalue weighted by Gasteiger charge is -2.00. The summed E-state index contributed by atoms with van der Waals surface area (Å²) in [6.45, 7) is 4.06. The summed E-state index contributed by atoms with van der Waals surface area (Å²) in [4.78, 5) is 30.3. The number of rotatable bonds is 5. The van der Waals surface area contributed by atoms with Gasteiger partial charge in [-0.15, -0.1) is 22.7 Å². The second-order valence-corrected chi connectivity index (χ2v) is 9.22. The molecule has 0 bridgehead atoms. The molecule has 0 aliphatic rings. The van der Waals surface area contributed by atoms with Crippen LogP contribution < -0.4 is 0 Å². The third kappa shape index (κ3) is 6.38. The van der Waals surface area contributed by atoms with Crippen molar-refractivity contribution in [2.24, 2.45) is 0 Å². The van der Waals surface area contributed by atoms with Gasteiger partial charge in [-0.1, -0.05) is 35.3 Å². The SMILES string of the molecule is CCOC(=O)c1csc(-c2ccc(C)c(Cl)c2)n1.O=C(O)c1csc(-c2ccc(F)c(Cl)c2)n1. The van der Waals surface area contributed by atoms with Crippen molar-refractivity contribution in [3.8, 4) is 21.1 Å². The Morgan fingerprint density at radius 2 is 1.53 bits per heavy atom. The molecule has 11 heteroatoms. The zero-order valence-electron chi connectivity index (χ0n) is 17.8. The molecule has 0 saturated heterocycles. The first kappa shape index (κ1) is 25.8. The number of carbonyl (C=O) groups excluding carboxylic acids is 1. The number of carboxylic acid groups (broad SMARTS) is 1. The molecular formula is C23H17Cl2FN2O4S2. The van der Waals surface area contributed by atoms with Crippen LogP contribution in [-0.4, -0.2) is 33.6 Å². The highest BCUT2D eigenvalue weighted by Crippen LogP contribution is 2.29. The third-order valence-electron chi connectivity index (χ3n) is 4.30. The average Bonchev–Trinajstić information content (AvgIpc) is 3.49. The van der Waals surface area contributed by atoms with Crippen molar-refractivity contribution in [2.45, 2.75) is 13.8 Å². The fraction of sp³-hybridized carbons (Fsp3) is 0.130. The number of hydrogen-bond donors (Lipinski definition) is 1. The molecule has 1 N–H and O–H groups in total. The number of benzene rings is 2. The minimum absolute atomic E-state index is 0.00965. The van der Waals surface area contributed by atoms with Crippen LogP contribution >= 0.6 is 45.9 Å². The molecular weight excluding hydrogens is 522 g/mol. The van der Waals surface area contributed by atoms with Crippen LogP contribution in [0.3, 0.4) is 0 Å². The molecule has 0 atom stereocenters. The van der Waals surface area contributed by atoms with E-state index in [1.165, 1.54) is 46.3 Å². The van der Waals surface area contributed by atoms with Gasteiger partial charge in [-0.2, -0.15) is 0 Å². The standard InChI is InChI=1S/C13H12ClNO2S.C10H5ClFNO2S/c1-3-17-13(16)11-7-18-12(15-11)9-5-4-8(2)10(14)6-9;11-6-3-5(1-2-7(6)12)9-13-8(4-16-9)10(14)15/h4-7H,3H2,1-2H3;1-4H,(H,14,15). The van der Waals surface area contributed by atoms with Crippen molar-refractivity contribution >= 4 is 57.8 Å². The summed E-state index contributed by atoms with van der Waals surface area (Å²) in [5.41, 5.74) is 2.84. The molecule has 176 valence electrons. The zero-order chi connectivity index (χ0) is 24.8. The lowest BCUT2D eigenvalue weighted by atomic mass is 10.1. The molecule has 0 saturated carbocycles. The van der Waals surface area contributed by atoms with E-state index in [2.05, 4.69) is 9.97 Å². The van der Waals surface area contributed by atoms with Gasteiger partial charge in [0.1, 0.15) is 15.8 Å². The molecule has 0 spiro atoms. The maximum absolute atomic E-state index is 12.9. The lowest BCUT2D eigenvalue weighted by molar-refractivity contribution is 0.0520. The van der Waals surface area contributed by atoms with Crippen molar-refractivity contribution in [3.05, 3.63) is 80.0 Å². The number of thiazole rings is 2. The highest BCUT2D eigenvalue weighted by molar-refractivity contribution is 7.13. The van der Waals surface area contributed by atoms with Crippen molar-refractivity contribution < 1.29 is 23.8 Å². The monoisotopic (exact) mass is 538 g/mol. The van der Waals surface area contributed by atoms with E-state index in [4.69, 9.17) is 33.0 Å². The van der Waals surface area contributed by atoms with Crippen molar-refractivity contribution in [3.63, 3.8) is 0 Å². The molecule has 0 fully saturated rings. The van der Waals surface area contributed by atoms with Crippen LogP contribution in [0.25, 0.3) is 21.1 Å². The Balaban J connectivity index is 0.000000192. The summed E-state index contributed by atoms with van der Waals surface area (Å²) in [5.74, 6) is -1.99. The molecule has 0 radical (unpaired) electrons. The molecule has 4 rings (SSSR count). The van der Waals surface area contributed by atoms with Crippen LogP contribution in [0, 0.1) is 12.7 Å². The van der Waals surface area contributed by atoms with Gasteiger partial charge in [0.05, 0.1) is 11.6 Å². The Morgan fingerprint density at radius 3 is 2.06 bits per heavy atom. The van der Waals surface area contributed by atoms with Crippen LogP contribution in [0.5, 0.6) is 0 Å². The van der Waals surface area contributed by atoms with Crippen LogP contribution in [0.4, 0.5) is 4.39 Å². The van der Waals surface area contributed by atoms with E-state index in [0.29, 0.717) is 27.9 Å². The van der Waals surface area contributed by atoms with Crippen molar-refractivity contribution in [2.75, 3.05) is 6.61 Å². The van der Waals surface area contributed by atoms with Gasteiger partial charge in [0.15, 0.2) is 11.4 Å². The van der Waals surface area contributed by atoms with E-state index in [-0.39, 0.29) is 10.7 Å². The number of nitrogens with zero attached hydrogens (tertiary/aromatic N) is 2. The van der Waals surface area contributed by atoms with Gasteiger partial charge in [0.2, 0.25) is 0 Å². The molecule has 34 heavy (non-hydrogen) atoms. The number of esters is 1. The number of aromatic nitrogens is 2. The van der Waals surface area contributed by atoms with Gasteiger partial charge in [-0.25, -0.2) is 23.9 Å². The summed E-state index contributed by atoms with van der Waals surface area (Å²) in [6, 6.07) is 9.87. The van der Waals surface area contributed by atoms with Gasteiger partial charge < -0.3 is 9.84 Å². The Bertz CT molecular complexity index is 1340. The van der Waals surface area contributed by atoms with Crippen LogP contribution in [0.15, 0.2) is 47.2 Å². The van der Waals surface area contributed by atoms with Crippen molar-refractivity contribution in [1.82, 2.24) is 9.97 Å². The Hall–Kier alpha value is -2.85. The first-order valence-corrected chi connectivity index (χ1v) is 12.2. The van der Waals surface area contributed by atoms with Crippen molar-refractivity contribution in [1.29, 1.82) is 0 Å². The lowest BCUT2D eigenvalue weighted by Crippen LogP contribution is -2.04. The van der Waals surface area contributed by atoms with Gasteiger partial charge >= 0.3 is 11.9 Å². The summed E-state index contributed by atoms with van der Waals surface area (Å²) in [7, 11) is 0. The Kier molecular flexibility index (Phi) is 8.73. The number of aryl methyl sites for hydroxylation is 1. The van der Waals surface area contributed by atoms with Gasteiger partial charge in [-0.3, -0.25) is 0 Å². The fourth-order valence-electron chi connectivity index (χ4n) is 2.56. The number of carboxylic acids is 1. The van der Waals surface area contributed by atoms with E-state index in [1.807, 2.05) is 25.1 Å². The molecule has 0 aliphatic heterocycles. The number of carbonyl (C=O) groups is 2. The smallest absolute Gasteiger partial charge is 0.357 e. The normalized spacial score (nSPS) is 10.4. The molecule has 2 aromatic heterocycles. The number of ether oxygens (including phenoxy) is 1. The van der Waals surface area contributed by atoms with E-state index in [0.717, 1.165) is 16.1 Å². The Morgan fingerprint density at radius 1 is 0.971 bits per heavy atom. The molecule has 4 aromatic rings. The summed E-state index contributed by atoms with van der Waals surface area (Å²) in [6.07, 6.45) is 0. The van der Waals surface area contributed by atoms with E-state index < -0.39 is 17.8 Å². The largest absolute Gasteiger partial charge is 0.476 e. The number of halogens is 3. The predicted octanol–water partition coefficient (Wildman–Crippen LogP) is 7.25. The average molecular weight is 539 g/mol. The van der Waals surface area contributed by atoms with E-state index >= 15 is 0 Å². The summed E-state index contributed by atoms with van der Waals surface area (Å²) in [5, 5.41) is 13.8. The molecule has 2 aromatic carbocycles. The summed E-state index contributed by atoms with van der Waals surface area (Å²) < 4.78 is 17.8. The van der Waals surface area contributed by atoms with Crippen LogP contribution in [-0.2, 0) is 4.74 Å². The Labute approximate surface area is 212 Å². The van der Waals surface area contributed by atoms with Gasteiger partial charge in [0.25, 0.3) is 0 Å². The van der Waals surface area contributed by atoms with Gasteiger partial charge in [0, 0.05) is 26.9 Å². The first-order chi connectivity index (χ1) is 16.2. The molecule has 2 heterocycles. The predicted molar refractivity (Wildman–Crippen MR) is 133 cm³/mol. The number of aromatic carboxylic acids is 1. The highest BCUT2D eigenvalue weighted by Gasteiger charge is 2.13. The maximum atomic E-state index is 12.9. The van der Waals surface area contributed by atoms with Crippen LogP contribution in [0.2, 0.25) is 10.0 Å². The second-order valence-electron chi connectivity index (χ2n) is 6.69. The maximum Gasteiger partial charge on any atom is 0.357 e. The topological polar surface area (TPSA) is 89.4 Å². The molecule has 6 nitrogen and oxygen atoms in total. The minimum Gasteiger partial charge on any atom is -0.476 e. The molecule has 0 aliphatic carbocycles. The van der Waals surface area contributed by atoms with Gasteiger partial charge in [-0.05, 0) is 43.7 Å².